The number of hydrogen-bond acceptors (Lipinski definition) is 2. The van der Waals surface area contributed by atoms with Gasteiger partial charge in [-0.1, -0.05) is 0 Å². The Bertz CT molecular complexity index is 418. The minimum Gasteiger partial charge on any atom is -0.296 e. The van der Waals surface area contributed by atoms with Crippen molar-refractivity contribution in [2.24, 2.45) is 0 Å². The van der Waals surface area contributed by atoms with Gasteiger partial charge in [0.15, 0.2) is 6.29 Å². The van der Waals surface area contributed by atoms with E-state index in [9.17, 15) is 26.7 Å². The van der Waals surface area contributed by atoms with Crippen molar-refractivity contribution in [3.8, 4) is 0 Å². The molecule has 0 aliphatic carbocycles. The Morgan fingerprint density at radius 2 is 1.94 bits per heavy atom. The molecule has 1 aromatic rings. The number of halogens is 6. The molecule has 1 heterocycles. The van der Waals surface area contributed by atoms with E-state index in [1.54, 1.807) is 0 Å². The van der Waals surface area contributed by atoms with Gasteiger partial charge in [-0.2, -0.15) is 13.2 Å². The SMILES string of the molecule is O=Cc1nc(C(F)(F)F)cc(C(F)F)c1I. The largest absolute Gasteiger partial charge is 0.433 e. The maximum atomic E-state index is 12.4. The van der Waals surface area contributed by atoms with Crippen LogP contribution in [0.4, 0.5) is 22.0 Å². The third kappa shape index (κ3) is 2.66. The molecule has 0 saturated heterocycles. The van der Waals surface area contributed by atoms with Crippen molar-refractivity contribution in [1.82, 2.24) is 4.98 Å². The Kier molecular flexibility index (Phi) is 3.81. The average molecular weight is 351 g/mol. The highest BCUT2D eigenvalue weighted by Crippen LogP contribution is 2.33. The van der Waals surface area contributed by atoms with Gasteiger partial charge in [0.1, 0.15) is 11.4 Å². The molecule has 0 aliphatic rings. The predicted octanol–water partition coefficient (Wildman–Crippen LogP) is 3.46. The number of aldehydes is 1. The van der Waals surface area contributed by atoms with Crippen LogP contribution in [0.3, 0.4) is 0 Å². The van der Waals surface area contributed by atoms with E-state index in [4.69, 9.17) is 0 Å². The fourth-order valence-corrected chi connectivity index (χ4v) is 1.59. The molecule has 0 bridgehead atoms. The summed E-state index contributed by atoms with van der Waals surface area (Å²) in [5.74, 6) is 0. The number of carbonyl (C=O) groups is 1. The van der Waals surface area contributed by atoms with Crippen LogP contribution in [0.15, 0.2) is 6.07 Å². The van der Waals surface area contributed by atoms with Gasteiger partial charge < -0.3 is 0 Å². The Hall–Kier alpha value is -0.800. The number of nitrogens with zero attached hydrogens (tertiary/aromatic N) is 1. The van der Waals surface area contributed by atoms with Crippen LogP contribution in [-0.4, -0.2) is 11.3 Å². The smallest absolute Gasteiger partial charge is 0.296 e. The van der Waals surface area contributed by atoms with Crippen LogP contribution < -0.4 is 0 Å². The van der Waals surface area contributed by atoms with E-state index >= 15 is 0 Å². The van der Waals surface area contributed by atoms with E-state index in [1.165, 1.54) is 22.6 Å². The second-order valence-corrected chi connectivity index (χ2v) is 3.79. The van der Waals surface area contributed by atoms with Crippen LogP contribution in [-0.2, 0) is 6.18 Å². The van der Waals surface area contributed by atoms with Crippen LogP contribution in [0.5, 0.6) is 0 Å². The Labute approximate surface area is 100.0 Å². The quantitative estimate of drug-likeness (QED) is 0.464. The van der Waals surface area contributed by atoms with Crippen molar-refractivity contribution in [2.75, 3.05) is 0 Å². The molecule has 0 atom stereocenters. The second kappa shape index (κ2) is 4.60. The van der Waals surface area contributed by atoms with Crippen molar-refractivity contribution >= 4 is 28.9 Å². The first-order valence-corrected chi connectivity index (χ1v) is 4.86. The monoisotopic (exact) mass is 351 g/mol. The Morgan fingerprint density at radius 3 is 2.31 bits per heavy atom. The zero-order chi connectivity index (χ0) is 12.5. The van der Waals surface area contributed by atoms with E-state index in [0.29, 0.717) is 0 Å². The molecule has 0 N–H and O–H groups in total. The van der Waals surface area contributed by atoms with Gasteiger partial charge in [-0.05, 0) is 28.7 Å². The molecule has 0 aromatic carbocycles. The third-order valence-corrected chi connectivity index (χ3v) is 2.82. The van der Waals surface area contributed by atoms with Crippen LogP contribution in [0.25, 0.3) is 0 Å². The lowest BCUT2D eigenvalue weighted by molar-refractivity contribution is -0.141. The zero-order valence-electron chi connectivity index (χ0n) is 7.36. The van der Waals surface area contributed by atoms with Crippen molar-refractivity contribution in [1.29, 1.82) is 0 Å². The van der Waals surface area contributed by atoms with Gasteiger partial charge in [-0.25, -0.2) is 13.8 Å². The maximum Gasteiger partial charge on any atom is 0.433 e. The molecule has 16 heavy (non-hydrogen) atoms. The Morgan fingerprint density at radius 1 is 1.38 bits per heavy atom. The van der Waals surface area contributed by atoms with Crippen molar-refractivity contribution < 1.29 is 26.7 Å². The van der Waals surface area contributed by atoms with Crippen molar-refractivity contribution in [3.05, 3.63) is 26.6 Å². The van der Waals surface area contributed by atoms with Gasteiger partial charge in [0.2, 0.25) is 0 Å². The van der Waals surface area contributed by atoms with Gasteiger partial charge >= 0.3 is 6.18 Å². The van der Waals surface area contributed by atoms with Gasteiger partial charge in [0, 0.05) is 5.56 Å². The number of hydrogen-bond donors (Lipinski definition) is 0. The average Bonchev–Trinajstić information content (AvgIpc) is 2.15. The number of pyridine rings is 1. The first-order valence-electron chi connectivity index (χ1n) is 3.78. The van der Waals surface area contributed by atoms with Gasteiger partial charge in [0.25, 0.3) is 6.43 Å². The molecule has 0 saturated carbocycles. The number of rotatable bonds is 2. The molecule has 1 rings (SSSR count). The molecule has 0 unspecified atom stereocenters. The lowest BCUT2D eigenvalue weighted by Crippen LogP contribution is -2.12. The maximum absolute atomic E-state index is 12.4. The van der Waals surface area contributed by atoms with Crippen LogP contribution >= 0.6 is 22.6 Å². The normalized spacial score (nSPS) is 11.9. The molecule has 0 spiro atoms. The van der Waals surface area contributed by atoms with E-state index in [1.807, 2.05) is 0 Å². The first kappa shape index (κ1) is 13.3. The molecule has 0 fully saturated rings. The van der Waals surface area contributed by atoms with Crippen LogP contribution in [0.1, 0.15) is 28.2 Å². The molecule has 0 amide bonds. The van der Waals surface area contributed by atoms with E-state index in [2.05, 4.69) is 4.98 Å². The standard InChI is InChI=1S/C8H3F5INO/c9-7(10)3-1-5(8(11,12)13)15-4(2-16)6(3)14/h1-2,7H. The molecule has 0 aliphatic heterocycles. The van der Waals surface area contributed by atoms with E-state index < -0.39 is 29.6 Å². The van der Waals surface area contributed by atoms with Crippen molar-refractivity contribution in [3.63, 3.8) is 0 Å². The lowest BCUT2D eigenvalue weighted by Gasteiger charge is -2.10. The summed E-state index contributed by atoms with van der Waals surface area (Å²) in [6.07, 6.45) is -7.93. The van der Waals surface area contributed by atoms with Crippen molar-refractivity contribution in [2.45, 2.75) is 12.6 Å². The minimum absolute atomic E-state index is 0.0168. The summed E-state index contributed by atoms with van der Waals surface area (Å²) < 4.78 is 61.3. The fourth-order valence-electron chi connectivity index (χ4n) is 0.952. The van der Waals surface area contributed by atoms with Crippen LogP contribution in [0.2, 0.25) is 0 Å². The fraction of sp³-hybridized carbons (Fsp3) is 0.250. The summed E-state index contributed by atoms with van der Waals surface area (Å²) in [7, 11) is 0. The molecular weight excluding hydrogens is 348 g/mol. The molecule has 88 valence electrons. The topological polar surface area (TPSA) is 30.0 Å². The number of carbonyl (C=O) groups excluding carboxylic acids is 1. The van der Waals surface area contributed by atoms with Gasteiger partial charge in [0.05, 0.1) is 3.57 Å². The summed E-state index contributed by atoms with van der Waals surface area (Å²) in [4.78, 5) is 13.4. The van der Waals surface area contributed by atoms with E-state index in [0.717, 1.165) is 0 Å². The number of aromatic nitrogens is 1. The Balaban J connectivity index is 3.46. The second-order valence-electron chi connectivity index (χ2n) is 2.71. The predicted molar refractivity (Wildman–Crippen MR) is 52.3 cm³/mol. The highest BCUT2D eigenvalue weighted by atomic mass is 127. The summed E-state index contributed by atoms with van der Waals surface area (Å²) in [6, 6.07) is 0.249. The minimum atomic E-state index is -4.86. The van der Waals surface area contributed by atoms with E-state index in [-0.39, 0.29) is 15.9 Å². The lowest BCUT2D eigenvalue weighted by atomic mass is 10.2. The van der Waals surface area contributed by atoms with Crippen LogP contribution in [0, 0.1) is 3.57 Å². The number of alkyl halides is 5. The molecule has 0 radical (unpaired) electrons. The molecule has 1 aromatic heterocycles. The molecule has 8 heteroatoms. The third-order valence-electron chi connectivity index (χ3n) is 1.65. The van der Waals surface area contributed by atoms with Gasteiger partial charge in [-0.15, -0.1) is 0 Å². The first-order chi connectivity index (χ1) is 7.27. The summed E-state index contributed by atoms with van der Waals surface area (Å²) >= 11 is 1.36. The zero-order valence-corrected chi connectivity index (χ0v) is 9.51. The van der Waals surface area contributed by atoms with Gasteiger partial charge in [-0.3, -0.25) is 4.79 Å². The summed E-state index contributed by atoms with van der Waals surface area (Å²) in [5.41, 5.74) is -2.97. The summed E-state index contributed by atoms with van der Waals surface area (Å²) in [5, 5.41) is 0. The summed E-state index contributed by atoms with van der Waals surface area (Å²) in [6.45, 7) is 0. The molecule has 2 nitrogen and oxygen atoms in total. The molecular formula is C8H3F5INO. The highest BCUT2D eigenvalue weighted by Gasteiger charge is 2.35. The highest BCUT2D eigenvalue weighted by molar-refractivity contribution is 14.1.